The molecule has 0 aliphatic carbocycles. The summed E-state index contributed by atoms with van der Waals surface area (Å²) in [6, 6.07) is 1.48. The number of hydrogen-bond donors (Lipinski definition) is 0. The summed E-state index contributed by atoms with van der Waals surface area (Å²) in [5.41, 5.74) is 0.860. The third-order valence-electron chi connectivity index (χ3n) is 4.77. The van der Waals surface area contributed by atoms with Crippen molar-refractivity contribution in [1.82, 2.24) is 24.6 Å². The Labute approximate surface area is 139 Å². The topological polar surface area (TPSA) is 46.8 Å². The van der Waals surface area contributed by atoms with Gasteiger partial charge >= 0.3 is 0 Å². The van der Waals surface area contributed by atoms with E-state index in [2.05, 4.69) is 24.6 Å². The van der Waals surface area contributed by atoms with E-state index in [0.29, 0.717) is 12.5 Å². The molecule has 0 radical (unpaired) electrons. The smallest absolute Gasteiger partial charge is 0.164 e. The summed E-state index contributed by atoms with van der Waals surface area (Å²) < 4.78 is 15.8. The molecule has 4 heterocycles. The largest absolute Gasteiger partial charge is 0.315 e. The van der Waals surface area contributed by atoms with Gasteiger partial charge in [-0.15, -0.1) is 10.2 Å². The van der Waals surface area contributed by atoms with Crippen LogP contribution in [0.3, 0.4) is 0 Å². The van der Waals surface area contributed by atoms with Crippen molar-refractivity contribution in [2.75, 3.05) is 13.1 Å². The van der Waals surface area contributed by atoms with E-state index in [-0.39, 0.29) is 5.15 Å². The number of hydrogen-bond acceptors (Lipinski definition) is 4. The number of piperidine rings is 1. The van der Waals surface area contributed by atoms with Gasteiger partial charge in [0.2, 0.25) is 0 Å². The second-order valence-corrected chi connectivity index (χ2v) is 6.78. The Morgan fingerprint density at radius 3 is 3.04 bits per heavy atom. The maximum atomic E-state index is 13.5. The van der Waals surface area contributed by atoms with Gasteiger partial charge in [-0.1, -0.05) is 11.6 Å². The molecule has 0 amide bonds. The molecule has 7 heteroatoms. The van der Waals surface area contributed by atoms with Crippen molar-refractivity contribution in [1.29, 1.82) is 0 Å². The standard InChI is InChI=1S/C16H19ClFN5/c17-15-13(18)7-11(8-19-15)9-22-5-1-3-12(10-22)16-21-20-14-4-2-6-23(14)16/h7-8,12H,1-6,9-10H2. The van der Waals surface area contributed by atoms with Crippen molar-refractivity contribution in [3.8, 4) is 0 Å². The fraction of sp³-hybridized carbons (Fsp3) is 0.562. The Morgan fingerprint density at radius 2 is 2.17 bits per heavy atom. The molecular weight excluding hydrogens is 317 g/mol. The van der Waals surface area contributed by atoms with Crippen LogP contribution < -0.4 is 0 Å². The molecule has 2 aliphatic rings. The van der Waals surface area contributed by atoms with Crippen molar-refractivity contribution in [2.45, 2.75) is 44.7 Å². The van der Waals surface area contributed by atoms with E-state index in [4.69, 9.17) is 11.6 Å². The van der Waals surface area contributed by atoms with Crippen molar-refractivity contribution < 1.29 is 4.39 Å². The van der Waals surface area contributed by atoms with E-state index in [9.17, 15) is 4.39 Å². The molecule has 0 saturated carbocycles. The van der Waals surface area contributed by atoms with Crippen LogP contribution in [0.15, 0.2) is 12.3 Å². The minimum atomic E-state index is -0.451. The second kappa shape index (κ2) is 6.17. The van der Waals surface area contributed by atoms with Gasteiger partial charge in [0.25, 0.3) is 0 Å². The van der Waals surface area contributed by atoms with E-state index in [0.717, 1.165) is 56.1 Å². The number of rotatable bonds is 3. The van der Waals surface area contributed by atoms with E-state index >= 15 is 0 Å². The highest BCUT2D eigenvalue weighted by atomic mass is 35.5. The summed E-state index contributed by atoms with van der Waals surface area (Å²) >= 11 is 5.65. The molecule has 0 N–H and O–H groups in total. The third kappa shape index (κ3) is 2.97. The Morgan fingerprint density at radius 1 is 1.26 bits per heavy atom. The number of likely N-dealkylation sites (tertiary alicyclic amines) is 1. The molecule has 0 aromatic carbocycles. The molecule has 122 valence electrons. The lowest BCUT2D eigenvalue weighted by Crippen LogP contribution is -2.35. The van der Waals surface area contributed by atoms with Gasteiger partial charge in [-0.05, 0) is 37.4 Å². The van der Waals surface area contributed by atoms with Crippen LogP contribution in [0.25, 0.3) is 0 Å². The lowest BCUT2D eigenvalue weighted by Gasteiger charge is -2.32. The summed E-state index contributed by atoms with van der Waals surface area (Å²) in [5, 5.41) is 8.68. The van der Waals surface area contributed by atoms with Gasteiger partial charge in [-0.25, -0.2) is 9.37 Å². The summed E-state index contributed by atoms with van der Waals surface area (Å²) in [6.45, 7) is 3.68. The predicted octanol–water partition coefficient (Wildman–Crippen LogP) is 2.79. The Kier molecular flexibility index (Phi) is 4.03. The van der Waals surface area contributed by atoms with Crippen LogP contribution in [0.1, 0.15) is 42.4 Å². The first-order valence-corrected chi connectivity index (χ1v) is 8.53. The van der Waals surface area contributed by atoms with Crippen LogP contribution in [0.2, 0.25) is 5.15 Å². The Bertz CT molecular complexity index is 716. The van der Waals surface area contributed by atoms with Crippen LogP contribution in [-0.4, -0.2) is 37.7 Å². The molecule has 1 saturated heterocycles. The normalized spacial score (nSPS) is 21.6. The zero-order valence-electron chi connectivity index (χ0n) is 12.9. The maximum Gasteiger partial charge on any atom is 0.164 e. The average molecular weight is 336 g/mol. The fourth-order valence-electron chi connectivity index (χ4n) is 3.69. The molecule has 1 fully saturated rings. The number of pyridine rings is 1. The van der Waals surface area contributed by atoms with E-state index < -0.39 is 5.82 Å². The fourth-order valence-corrected chi connectivity index (χ4v) is 3.79. The van der Waals surface area contributed by atoms with E-state index in [1.165, 1.54) is 12.5 Å². The predicted molar refractivity (Wildman–Crippen MR) is 84.8 cm³/mol. The van der Waals surface area contributed by atoms with E-state index in [1.54, 1.807) is 6.20 Å². The van der Waals surface area contributed by atoms with E-state index in [1.807, 2.05) is 0 Å². The Balaban J connectivity index is 1.47. The van der Waals surface area contributed by atoms with Crippen molar-refractivity contribution in [2.24, 2.45) is 0 Å². The number of halogens is 2. The minimum Gasteiger partial charge on any atom is -0.315 e. The molecule has 4 rings (SSSR count). The second-order valence-electron chi connectivity index (χ2n) is 6.42. The van der Waals surface area contributed by atoms with Crippen LogP contribution in [-0.2, 0) is 19.5 Å². The first-order chi connectivity index (χ1) is 11.2. The molecule has 1 unspecified atom stereocenters. The molecule has 23 heavy (non-hydrogen) atoms. The highest BCUT2D eigenvalue weighted by molar-refractivity contribution is 6.29. The summed E-state index contributed by atoms with van der Waals surface area (Å²) in [7, 11) is 0. The number of aryl methyl sites for hydroxylation is 1. The molecule has 2 aliphatic heterocycles. The maximum absolute atomic E-state index is 13.5. The number of fused-ring (bicyclic) bond motifs is 1. The average Bonchev–Trinajstić information content (AvgIpc) is 3.14. The van der Waals surface area contributed by atoms with Gasteiger partial charge in [-0.3, -0.25) is 4.90 Å². The van der Waals surface area contributed by atoms with Crippen molar-refractivity contribution >= 4 is 11.6 Å². The molecular formula is C16H19ClFN5. The lowest BCUT2D eigenvalue weighted by molar-refractivity contribution is 0.194. The Hall–Kier alpha value is -1.53. The zero-order valence-corrected chi connectivity index (χ0v) is 13.6. The van der Waals surface area contributed by atoms with Crippen LogP contribution in [0, 0.1) is 5.82 Å². The lowest BCUT2D eigenvalue weighted by atomic mass is 9.96. The summed E-state index contributed by atoms with van der Waals surface area (Å²) in [5.74, 6) is 2.21. The van der Waals surface area contributed by atoms with Crippen LogP contribution >= 0.6 is 11.6 Å². The van der Waals surface area contributed by atoms with Gasteiger partial charge in [0.15, 0.2) is 11.0 Å². The third-order valence-corrected chi connectivity index (χ3v) is 5.05. The van der Waals surface area contributed by atoms with Crippen LogP contribution in [0.4, 0.5) is 4.39 Å². The van der Waals surface area contributed by atoms with Crippen molar-refractivity contribution in [3.63, 3.8) is 0 Å². The zero-order chi connectivity index (χ0) is 15.8. The number of aromatic nitrogens is 4. The summed E-state index contributed by atoms with van der Waals surface area (Å²) in [4.78, 5) is 6.24. The molecule has 2 aromatic rings. The quantitative estimate of drug-likeness (QED) is 0.809. The first kappa shape index (κ1) is 15.0. The van der Waals surface area contributed by atoms with Gasteiger partial charge in [-0.2, -0.15) is 0 Å². The molecule has 2 aromatic heterocycles. The highest BCUT2D eigenvalue weighted by Gasteiger charge is 2.28. The van der Waals surface area contributed by atoms with Gasteiger partial charge in [0, 0.05) is 38.2 Å². The molecule has 1 atom stereocenters. The minimum absolute atomic E-state index is 0.0655. The summed E-state index contributed by atoms with van der Waals surface area (Å²) in [6.07, 6.45) is 6.13. The molecule has 5 nitrogen and oxygen atoms in total. The highest BCUT2D eigenvalue weighted by Crippen LogP contribution is 2.29. The monoisotopic (exact) mass is 335 g/mol. The number of nitrogens with zero attached hydrogens (tertiary/aromatic N) is 5. The molecule has 0 bridgehead atoms. The first-order valence-electron chi connectivity index (χ1n) is 8.15. The van der Waals surface area contributed by atoms with Crippen molar-refractivity contribution in [3.05, 3.63) is 40.4 Å². The van der Waals surface area contributed by atoms with Gasteiger partial charge in [0.1, 0.15) is 11.6 Å². The SMILES string of the molecule is Fc1cc(CN2CCCC(c3nnc4n3CCC4)C2)cnc1Cl. The van der Waals surface area contributed by atoms with Gasteiger partial charge in [0.05, 0.1) is 0 Å². The van der Waals surface area contributed by atoms with Crippen LogP contribution in [0.5, 0.6) is 0 Å². The van der Waals surface area contributed by atoms with Gasteiger partial charge < -0.3 is 4.57 Å². The molecule has 0 spiro atoms.